The van der Waals surface area contributed by atoms with E-state index in [0.29, 0.717) is 17.1 Å². The van der Waals surface area contributed by atoms with Crippen molar-refractivity contribution >= 4 is 29.5 Å². The van der Waals surface area contributed by atoms with Crippen LogP contribution < -0.4 is 10.7 Å². The van der Waals surface area contributed by atoms with E-state index in [4.69, 9.17) is 17.3 Å². The van der Waals surface area contributed by atoms with E-state index in [0.717, 1.165) is 12.1 Å². The van der Waals surface area contributed by atoms with E-state index in [1.54, 1.807) is 30.5 Å². The van der Waals surface area contributed by atoms with Gasteiger partial charge in [0, 0.05) is 12.6 Å². The van der Waals surface area contributed by atoms with Crippen LogP contribution in [0, 0.1) is 5.92 Å². The van der Waals surface area contributed by atoms with Gasteiger partial charge in [0.2, 0.25) is 0 Å². The topological polar surface area (TPSA) is 77.0 Å². The van der Waals surface area contributed by atoms with Gasteiger partial charge in [0.25, 0.3) is 0 Å². The third-order valence-corrected chi connectivity index (χ3v) is 4.72. The molecule has 4 rings (SSSR count). The van der Waals surface area contributed by atoms with Crippen LogP contribution in [-0.2, 0) is 0 Å². The van der Waals surface area contributed by atoms with E-state index in [1.807, 2.05) is 0 Å². The summed E-state index contributed by atoms with van der Waals surface area (Å²) < 4.78 is 0. The van der Waals surface area contributed by atoms with Gasteiger partial charge in [0.1, 0.15) is 0 Å². The van der Waals surface area contributed by atoms with Gasteiger partial charge in [-0.3, -0.25) is 5.43 Å². The molecule has 0 radical (unpaired) electrons. The molecule has 3 aliphatic heterocycles. The monoisotopic (exact) mass is 332 g/mol. The first-order chi connectivity index (χ1) is 11.1. The Labute approximate surface area is 140 Å². The highest BCUT2D eigenvalue weighted by molar-refractivity contribution is 7.80. The summed E-state index contributed by atoms with van der Waals surface area (Å²) >= 11 is 5.29. The molecular formula is C16H20N4O2S. The van der Waals surface area contributed by atoms with Crippen LogP contribution in [0.3, 0.4) is 0 Å². The first-order valence-corrected chi connectivity index (χ1v) is 8.18. The molecule has 1 aromatic carbocycles. The molecule has 1 atom stereocenters. The maximum absolute atomic E-state index is 10.8. The quantitative estimate of drug-likeness (QED) is 0.438. The third kappa shape index (κ3) is 4.05. The lowest BCUT2D eigenvalue weighted by Crippen LogP contribution is -2.58. The number of nitrogens with zero attached hydrogens (tertiary/aromatic N) is 2. The van der Waals surface area contributed by atoms with Gasteiger partial charge in [0.05, 0.1) is 11.8 Å². The Bertz CT molecular complexity index is 609. The number of carbonyl (C=O) groups is 1. The number of carboxylic acid groups (broad SMARTS) is 1. The molecule has 0 aliphatic carbocycles. The lowest BCUT2D eigenvalue weighted by Gasteiger charge is -2.45. The second kappa shape index (κ2) is 7.06. The van der Waals surface area contributed by atoms with Crippen LogP contribution in [0.15, 0.2) is 29.4 Å². The lowest BCUT2D eigenvalue weighted by atomic mass is 9.84. The summed E-state index contributed by atoms with van der Waals surface area (Å²) in [6.07, 6.45) is 4.09. The standard InChI is InChI=1S/C16H20N4O2S/c21-15(22)13-3-1-11(2-4-13)9-17-19-16(23)18-14-10-20-7-5-12(14)6-8-20/h1-4,9,12,14H,5-8,10H2,(H,21,22)(H2,18,19,23). The Morgan fingerprint density at radius 2 is 2.00 bits per heavy atom. The van der Waals surface area contributed by atoms with E-state index >= 15 is 0 Å². The highest BCUT2D eigenvalue weighted by atomic mass is 32.1. The predicted octanol–water partition coefficient (Wildman–Crippen LogP) is 1.28. The van der Waals surface area contributed by atoms with Gasteiger partial charge in [-0.05, 0) is 61.8 Å². The molecule has 3 aliphatic rings. The number of thiocarbonyl (C=S) groups is 1. The van der Waals surface area contributed by atoms with Crippen molar-refractivity contribution in [1.82, 2.24) is 15.6 Å². The van der Waals surface area contributed by atoms with Crippen LogP contribution in [0.1, 0.15) is 28.8 Å². The molecule has 0 spiro atoms. The van der Waals surface area contributed by atoms with Gasteiger partial charge < -0.3 is 15.3 Å². The fourth-order valence-corrected chi connectivity index (χ4v) is 3.41. The summed E-state index contributed by atoms with van der Waals surface area (Å²) in [4.78, 5) is 13.3. The third-order valence-electron chi connectivity index (χ3n) is 4.51. The number of hydrazone groups is 1. The Morgan fingerprint density at radius 1 is 1.30 bits per heavy atom. The summed E-state index contributed by atoms with van der Waals surface area (Å²) in [5.41, 5.74) is 3.90. The molecule has 7 heteroatoms. The Hall–Kier alpha value is -1.99. The van der Waals surface area contributed by atoms with Gasteiger partial charge in [-0.1, -0.05) is 12.1 Å². The number of aromatic carboxylic acids is 1. The number of benzene rings is 1. The van der Waals surface area contributed by atoms with E-state index in [-0.39, 0.29) is 5.56 Å². The summed E-state index contributed by atoms with van der Waals surface area (Å²) in [6.45, 7) is 3.45. The van der Waals surface area contributed by atoms with Gasteiger partial charge in [0.15, 0.2) is 5.11 Å². The molecule has 122 valence electrons. The number of fused-ring (bicyclic) bond motifs is 3. The van der Waals surface area contributed by atoms with Crippen molar-refractivity contribution < 1.29 is 9.90 Å². The van der Waals surface area contributed by atoms with Crippen molar-refractivity contribution in [3.63, 3.8) is 0 Å². The zero-order valence-corrected chi connectivity index (χ0v) is 13.6. The molecule has 1 aromatic rings. The highest BCUT2D eigenvalue weighted by Crippen LogP contribution is 2.27. The van der Waals surface area contributed by atoms with E-state index < -0.39 is 5.97 Å². The maximum atomic E-state index is 10.8. The summed E-state index contributed by atoms with van der Waals surface area (Å²) in [5, 5.41) is 16.8. The fraction of sp³-hybridized carbons (Fsp3) is 0.438. The average Bonchev–Trinajstić information content (AvgIpc) is 2.56. The van der Waals surface area contributed by atoms with Crippen molar-refractivity contribution in [2.45, 2.75) is 18.9 Å². The molecule has 3 N–H and O–H groups in total. The molecule has 23 heavy (non-hydrogen) atoms. The van der Waals surface area contributed by atoms with E-state index in [1.165, 1.54) is 25.9 Å². The molecule has 3 saturated heterocycles. The number of nitrogens with one attached hydrogen (secondary N) is 2. The van der Waals surface area contributed by atoms with Crippen LogP contribution in [0.2, 0.25) is 0 Å². The maximum Gasteiger partial charge on any atom is 0.335 e. The minimum Gasteiger partial charge on any atom is -0.478 e. The summed E-state index contributed by atoms with van der Waals surface area (Å²) in [6, 6.07) is 6.92. The molecule has 1 unspecified atom stereocenters. The number of hydrogen-bond donors (Lipinski definition) is 3. The van der Waals surface area contributed by atoms with Gasteiger partial charge in [-0.25, -0.2) is 4.79 Å². The van der Waals surface area contributed by atoms with Crippen molar-refractivity contribution in [1.29, 1.82) is 0 Å². The molecule has 0 aromatic heterocycles. The predicted molar refractivity (Wildman–Crippen MR) is 92.8 cm³/mol. The minimum absolute atomic E-state index is 0.259. The minimum atomic E-state index is -0.936. The van der Waals surface area contributed by atoms with Crippen molar-refractivity contribution in [3.8, 4) is 0 Å². The van der Waals surface area contributed by atoms with Gasteiger partial charge in [-0.15, -0.1) is 0 Å². The first kappa shape index (κ1) is 15.9. The van der Waals surface area contributed by atoms with Crippen LogP contribution in [-0.4, -0.2) is 53.0 Å². The smallest absolute Gasteiger partial charge is 0.335 e. The second-order valence-electron chi connectivity index (χ2n) is 6.02. The molecule has 6 nitrogen and oxygen atoms in total. The highest BCUT2D eigenvalue weighted by Gasteiger charge is 2.34. The molecule has 3 heterocycles. The zero-order chi connectivity index (χ0) is 16.2. The normalized spacial score (nSPS) is 26.2. The van der Waals surface area contributed by atoms with Gasteiger partial charge >= 0.3 is 5.97 Å². The van der Waals surface area contributed by atoms with Crippen LogP contribution >= 0.6 is 12.2 Å². The first-order valence-electron chi connectivity index (χ1n) is 7.77. The number of rotatable bonds is 4. The van der Waals surface area contributed by atoms with Crippen molar-refractivity contribution in [3.05, 3.63) is 35.4 Å². The zero-order valence-electron chi connectivity index (χ0n) is 12.7. The lowest BCUT2D eigenvalue weighted by molar-refractivity contribution is 0.0697. The molecule has 0 saturated carbocycles. The van der Waals surface area contributed by atoms with E-state index in [2.05, 4.69) is 20.7 Å². The van der Waals surface area contributed by atoms with Crippen molar-refractivity contribution in [2.75, 3.05) is 19.6 Å². The summed E-state index contributed by atoms with van der Waals surface area (Å²) in [5.74, 6) is -0.234. The number of carboxylic acids is 1. The average molecular weight is 332 g/mol. The molecule has 3 fully saturated rings. The van der Waals surface area contributed by atoms with Crippen LogP contribution in [0.25, 0.3) is 0 Å². The molecule has 2 bridgehead atoms. The number of hydrogen-bond acceptors (Lipinski definition) is 4. The largest absolute Gasteiger partial charge is 0.478 e. The molecular weight excluding hydrogens is 312 g/mol. The fourth-order valence-electron chi connectivity index (χ4n) is 3.21. The second-order valence-corrected chi connectivity index (χ2v) is 6.42. The van der Waals surface area contributed by atoms with Gasteiger partial charge in [-0.2, -0.15) is 5.10 Å². The Kier molecular flexibility index (Phi) is 4.88. The van der Waals surface area contributed by atoms with E-state index in [9.17, 15) is 4.79 Å². The Morgan fingerprint density at radius 3 is 2.57 bits per heavy atom. The van der Waals surface area contributed by atoms with Crippen LogP contribution in [0.5, 0.6) is 0 Å². The molecule has 0 amide bonds. The SMILES string of the molecule is O=C(O)c1ccc(C=NNC(=S)NC2CN3CCC2CC3)cc1. The summed E-state index contributed by atoms with van der Waals surface area (Å²) in [7, 11) is 0. The van der Waals surface area contributed by atoms with Crippen LogP contribution in [0.4, 0.5) is 0 Å². The number of piperidine rings is 3. The Balaban J connectivity index is 1.47. The van der Waals surface area contributed by atoms with Crippen molar-refractivity contribution in [2.24, 2.45) is 11.0 Å².